The largest absolute Gasteiger partial charge is 0.495 e. The van der Waals surface area contributed by atoms with Gasteiger partial charge in [0.25, 0.3) is 0 Å². The van der Waals surface area contributed by atoms with Crippen LogP contribution in [0.1, 0.15) is 17.6 Å². The Balaban J connectivity index is 1.79. The molecular weight excluding hydrogens is 294 g/mol. The third-order valence-corrected chi connectivity index (χ3v) is 5.30. The predicted octanol–water partition coefficient (Wildman–Crippen LogP) is 1.17. The fraction of sp³-hybridized carbons (Fsp3) is 0.385. The second-order valence-electron chi connectivity index (χ2n) is 4.85. The lowest BCUT2D eigenvalue weighted by Gasteiger charge is -2.35. The van der Waals surface area contributed by atoms with Crippen LogP contribution in [0.2, 0.25) is 0 Å². The number of rotatable bonds is 4. The van der Waals surface area contributed by atoms with E-state index in [1.54, 1.807) is 31.2 Å². The third kappa shape index (κ3) is 2.40. The van der Waals surface area contributed by atoms with Crippen LogP contribution in [-0.4, -0.2) is 43.1 Å². The molecule has 7 nitrogen and oxygen atoms in total. The Morgan fingerprint density at radius 1 is 1.33 bits per heavy atom. The first kappa shape index (κ1) is 14.0. The van der Waals surface area contributed by atoms with Crippen molar-refractivity contribution in [3.8, 4) is 5.75 Å². The van der Waals surface area contributed by atoms with Crippen LogP contribution in [0.3, 0.4) is 0 Å². The number of sulfonamides is 1. The van der Waals surface area contributed by atoms with Gasteiger partial charge in [0, 0.05) is 13.1 Å². The topological polar surface area (TPSA) is 85.5 Å². The number of hydrogen-bond acceptors (Lipinski definition) is 6. The Bertz CT molecular complexity index is 750. The van der Waals surface area contributed by atoms with Gasteiger partial charge in [-0.3, -0.25) is 0 Å². The Kier molecular flexibility index (Phi) is 3.42. The van der Waals surface area contributed by atoms with Crippen molar-refractivity contribution in [2.45, 2.75) is 17.7 Å². The molecule has 0 spiro atoms. The lowest BCUT2D eigenvalue weighted by atomic mass is 10.0. The van der Waals surface area contributed by atoms with Crippen LogP contribution < -0.4 is 4.74 Å². The van der Waals surface area contributed by atoms with Gasteiger partial charge >= 0.3 is 0 Å². The van der Waals surface area contributed by atoms with Gasteiger partial charge in [0.15, 0.2) is 5.82 Å². The number of ether oxygens (including phenoxy) is 1. The molecule has 1 saturated heterocycles. The van der Waals surface area contributed by atoms with Gasteiger partial charge in [-0.2, -0.15) is 9.29 Å². The van der Waals surface area contributed by atoms with E-state index in [2.05, 4.69) is 10.1 Å². The Morgan fingerprint density at radius 2 is 2.05 bits per heavy atom. The van der Waals surface area contributed by atoms with Gasteiger partial charge in [-0.05, 0) is 19.1 Å². The molecule has 1 fully saturated rings. The Hall–Kier alpha value is -1.93. The number of nitrogens with zero attached hydrogens (tertiary/aromatic N) is 3. The van der Waals surface area contributed by atoms with Gasteiger partial charge in [-0.25, -0.2) is 8.42 Å². The van der Waals surface area contributed by atoms with Crippen molar-refractivity contribution in [2.75, 3.05) is 20.2 Å². The summed E-state index contributed by atoms with van der Waals surface area (Å²) in [7, 11) is -2.11. The molecule has 0 N–H and O–H groups in total. The zero-order valence-corrected chi connectivity index (χ0v) is 12.5. The number of benzene rings is 1. The first-order valence-electron chi connectivity index (χ1n) is 6.45. The number of methoxy groups -OCH3 is 1. The van der Waals surface area contributed by atoms with E-state index in [0.717, 1.165) is 0 Å². The number of hydrogen-bond donors (Lipinski definition) is 0. The molecule has 2 heterocycles. The summed E-state index contributed by atoms with van der Waals surface area (Å²) in [5.41, 5.74) is 0. The van der Waals surface area contributed by atoms with Gasteiger partial charge in [0.1, 0.15) is 10.6 Å². The molecule has 112 valence electrons. The lowest BCUT2D eigenvalue weighted by Crippen LogP contribution is -2.48. The van der Waals surface area contributed by atoms with Crippen molar-refractivity contribution in [3.63, 3.8) is 0 Å². The molecule has 0 amide bonds. The monoisotopic (exact) mass is 309 g/mol. The molecule has 0 bridgehead atoms. The number of aromatic nitrogens is 2. The van der Waals surface area contributed by atoms with Crippen LogP contribution in [0, 0.1) is 6.92 Å². The standard InChI is InChI=1S/C13H15N3O4S/c1-9-14-13(20-15-9)10-7-16(8-10)21(17,18)12-6-4-3-5-11(12)19-2/h3-6,10H,7-8H2,1-2H3. The Morgan fingerprint density at radius 3 is 2.67 bits per heavy atom. The highest BCUT2D eigenvalue weighted by atomic mass is 32.2. The first-order chi connectivity index (χ1) is 10.0. The maximum atomic E-state index is 12.6. The molecule has 0 unspecified atom stereocenters. The minimum atomic E-state index is -3.56. The maximum Gasteiger partial charge on any atom is 0.246 e. The summed E-state index contributed by atoms with van der Waals surface area (Å²) in [6.45, 7) is 2.40. The molecule has 0 atom stereocenters. The van der Waals surface area contributed by atoms with Crippen molar-refractivity contribution in [3.05, 3.63) is 36.0 Å². The summed E-state index contributed by atoms with van der Waals surface area (Å²) in [5.74, 6) is 1.33. The molecular formula is C13H15N3O4S. The summed E-state index contributed by atoms with van der Waals surface area (Å²) in [4.78, 5) is 4.31. The van der Waals surface area contributed by atoms with Crippen molar-refractivity contribution in [1.29, 1.82) is 0 Å². The summed E-state index contributed by atoms with van der Waals surface area (Å²) < 4.78 is 36.7. The second kappa shape index (κ2) is 5.12. The highest BCUT2D eigenvalue weighted by Gasteiger charge is 2.41. The molecule has 1 aromatic heterocycles. The molecule has 1 aliphatic rings. The fourth-order valence-corrected chi connectivity index (χ4v) is 3.93. The Labute approximate surface area is 122 Å². The van der Waals surface area contributed by atoms with E-state index in [1.807, 2.05) is 0 Å². The zero-order chi connectivity index (χ0) is 15.0. The van der Waals surface area contributed by atoms with Gasteiger partial charge < -0.3 is 9.26 Å². The van der Waals surface area contributed by atoms with E-state index < -0.39 is 10.0 Å². The quantitative estimate of drug-likeness (QED) is 0.843. The van der Waals surface area contributed by atoms with Crippen LogP contribution in [0.15, 0.2) is 33.7 Å². The molecule has 0 radical (unpaired) electrons. The summed E-state index contributed by atoms with van der Waals surface area (Å²) >= 11 is 0. The average Bonchev–Trinajstić information content (AvgIpc) is 2.83. The van der Waals surface area contributed by atoms with E-state index in [1.165, 1.54) is 11.4 Å². The molecule has 21 heavy (non-hydrogen) atoms. The smallest absolute Gasteiger partial charge is 0.246 e. The highest BCUT2D eigenvalue weighted by Crippen LogP contribution is 2.34. The van der Waals surface area contributed by atoms with Crippen LogP contribution in [0.5, 0.6) is 5.75 Å². The van der Waals surface area contributed by atoms with E-state index in [0.29, 0.717) is 30.6 Å². The molecule has 1 aliphatic heterocycles. The zero-order valence-electron chi connectivity index (χ0n) is 11.7. The van der Waals surface area contributed by atoms with Crippen LogP contribution in [0.4, 0.5) is 0 Å². The predicted molar refractivity (Wildman–Crippen MR) is 73.5 cm³/mol. The normalized spacial score (nSPS) is 16.7. The van der Waals surface area contributed by atoms with E-state index in [4.69, 9.17) is 9.26 Å². The maximum absolute atomic E-state index is 12.6. The summed E-state index contributed by atoms with van der Waals surface area (Å²) in [6, 6.07) is 6.58. The molecule has 3 rings (SSSR count). The average molecular weight is 309 g/mol. The number of para-hydroxylation sites is 1. The fourth-order valence-electron chi connectivity index (χ4n) is 2.24. The minimum absolute atomic E-state index is 0.0457. The van der Waals surface area contributed by atoms with E-state index in [-0.39, 0.29) is 10.8 Å². The summed E-state index contributed by atoms with van der Waals surface area (Å²) in [6.07, 6.45) is 0. The molecule has 1 aromatic carbocycles. The van der Waals surface area contributed by atoms with Crippen molar-refractivity contribution >= 4 is 10.0 Å². The first-order valence-corrected chi connectivity index (χ1v) is 7.89. The molecule has 0 aliphatic carbocycles. The van der Waals surface area contributed by atoms with Gasteiger partial charge in [-0.15, -0.1) is 0 Å². The summed E-state index contributed by atoms with van der Waals surface area (Å²) in [5, 5.41) is 3.72. The van der Waals surface area contributed by atoms with E-state index in [9.17, 15) is 8.42 Å². The van der Waals surface area contributed by atoms with E-state index >= 15 is 0 Å². The number of aryl methyl sites for hydroxylation is 1. The van der Waals surface area contributed by atoms with Crippen LogP contribution >= 0.6 is 0 Å². The van der Waals surface area contributed by atoms with Gasteiger partial charge in [0.05, 0.1) is 13.0 Å². The van der Waals surface area contributed by atoms with Gasteiger partial charge in [-0.1, -0.05) is 17.3 Å². The third-order valence-electron chi connectivity index (χ3n) is 3.43. The molecule has 0 saturated carbocycles. The SMILES string of the molecule is COc1ccccc1S(=O)(=O)N1CC(c2nc(C)no2)C1. The lowest BCUT2D eigenvalue weighted by molar-refractivity contribution is 0.216. The second-order valence-corrected chi connectivity index (χ2v) is 6.76. The van der Waals surface area contributed by atoms with Crippen LogP contribution in [0.25, 0.3) is 0 Å². The molecule has 8 heteroatoms. The van der Waals surface area contributed by atoms with Crippen LogP contribution in [-0.2, 0) is 10.0 Å². The molecule has 2 aromatic rings. The van der Waals surface area contributed by atoms with Gasteiger partial charge in [0.2, 0.25) is 15.9 Å². The van der Waals surface area contributed by atoms with Crippen molar-refractivity contribution < 1.29 is 17.7 Å². The minimum Gasteiger partial charge on any atom is -0.495 e. The highest BCUT2D eigenvalue weighted by molar-refractivity contribution is 7.89. The van der Waals surface area contributed by atoms with Crippen molar-refractivity contribution in [2.24, 2.45) is 0 Å². The van der Waals surface area contributed by atoms with Crippen molar-refractivity contribution in [1.82, 2.24) is 14.4 Å².